The molecule has 29 heavy (non-hydrogen) atoms. The smallest absolute Gasteiger partial charge is 0.264 e. The largest absolute Gasteiger partial charge is 0.490 e. The summed E-state index contributed by atoms with van der Waals surface area (Å²) in [5.41, 5.74) is -0.214. The lowest BCUT2D eigenvalue weighted by molar-refractivity contribution is -0.127. The van der Waals surface area contributed by atoms with Gasteiger partial charge in [-0.15, -0.1) is 6.58 Å². The summed E-state index contributed by atoms with van der Waals surface area (Å²) in [5, 5.41) is 0. The van der Waals surface area contributed by atoms with E-state index in [0.29, 0.717) is 17.5 Å². The highest BCUT2D eigenvalue weighted by atomic mass is 32.2. The van der Waals surface area contributed by atoms with Crippen molar-refractivity contribution in [1.29, 1.82) is 0 Å². The number of ether oxygens (including phenoxy) is 1. The number of halogens is 2. The first-order valence-electron chi connectivity index (χ1n) is 8.73. The highest BCUT2D eigenvalue weighted by molar-refractivity contribution is 7.92. The molecule has 0 bridgehead atoms. The van der Waals surface area contributed by atoms with Crippen LogP contribution in [0.5, 0.6) is 5.75 Å². The number of hydrogen-bond donors (Lipinski definition) is 1. The predicted molar refractivity (Wildman–Crippen MR) is 105 cm³/mol. The molecule has 0 aromatic heterocycles. The fourth-order valence-corrected chi connectivity index (χ4v) is 4.03. The number of nitrogens with zero attached hydrogens (tertiary/aromatic N) is 1. The van der Waals surface area contributed by atoms with E-state index in [9.17, 15) is 22.0 Å². The molecule has 2 aromatic carbocycles. The van der Waals surface area contributed by atoms with Gasteiger partial charge in [0.05, 0.1) is 16.8 Å². The molecule has 0 saturated carbocycles. The van der Waals surface area contributed by atoms with Gasteiger partial charge in [-0.05, 0) is 38.1 Å². The molecule has 0 radical (unpaired) electrons. The second-order valence-corrected chi connectivity index (χ2v) is 8.89. The van der Waals surface area contributed by atoms with E-state index in [-0.39, 0.29) is 24.7 Å². The molecule has 2 aromatic rings. The summed E-state index contributed by atoms with van der Waals surface area (Å²) < 4.78 is 60.0. The van der Waals surface area contributed by atoms with Crippen molar-refractivity contribution in [2.24, 2.45) is 5.41 Å². The lowest BCUT2D eigenvalue weighted by atomic mass is 9.93. The summed E-state index contributed by atoms with van der Waals surface area (Å²) in [5.74, 6) is -1.94. The van der Waals surface area contributed by atoms with E-state index in [1.54, 1.807) is 19.9 Å². The van der Waals surface area contributed by atoms with Crippen molar-refractivity contribution < 1.29 is 26.7 Å². The summed E-state index contributed by atoms with van der Waals surface area (Å²) in [6, 6.07) is 6.59. The van der Waals surface area contributed by atoms with Gasteiger partial charge in [-0.2, -0.15) is 0 Å². The third-order valence-corrected chi connectivity index (χ3v) is 5.83. The Kier molecular flexibility index (Phi) is 5.36. The number of sulfonamides is 1. The Hall–Kier alpha value is -2.94. The Morgan fingerprint density at radius 1 is 1.24 bits per heavy atom. The molecule has 6 nitrogen and oxygen atoms in total. The number of rotatable bonds is 5. The van der Waals surface area contributed by atoms with Crippen LogP contribution < -0.4 is 14.4 Å². The van der Waals surface area contributed by atoms with Gasteiger partial charge in [0.25, 0.3) is 10.0 Å². The van der Waals surface area contributed by atoms with Crippen LogP contribution in [0.25, 0.3) is 0 Å². The molecule has 1 aliphatic heterocycles. The second kappa shape index (κ2) is 7.47. The summed E-state index contributed by atoms with van der Waals surface area (Å²) in [7, 11) is -4.30. The van der Waals surface area contributed by atoms with Crippen LogP contribution >= 0.6 is 0 Å². The average molecular weight is 422 g/mol. The fourth-order valence-electron chi connectivity index (χ4n) is 2.92. The Morgan fingerprint density at radius 2 is 1.97 bits per heavy atom. The van der Waals surface area contributed by atoms with Crippen molar-refractivity contribution in [3.8, 4) is 5.75 Å². The quantitative estimate of drug-likeness (QED) is 0.746. The summed E-state index contributed by atoms with van der Waals surface area (Å²) in [6.45, 7) is 7.51. The number of hydrogen-bond acceptors (Lipinski definition) is 4. The van der Waals surface area contributed by atoms with Crippen LogP contribution in [0.1, 0.15) is 13.8 Å². The van der Waals surface area contributed by atoms with Crippen molar-refractivity contribution in [2.75, 3.05) is 22.8 Å². The van der Waals surface area contributed by atoms with Gasteiger partial charge in [-0.1, -0.05) is 6.08 Å². The summed E-state index contributed by atoms with van der Waals surface area (Å²) in [6.07, 6.45) is 1.58. The normalized spacial score (nSPS) is 15.9. The summed E-state index contributed by atoms with van der Waals surface area (Å²) >= 11 is 0. The number of carbonyl (C=O) groups excluding carboxylic acids is 1. The Labute approximate surface area is 167 Å². The van der Waals surface area contributed by atoms with E-state index in [1.807, 2.05) is 0 Å². The van der Waals surface area contributed by atoms with Crippen LogP contribution in [-0.4, -0.2) is 27.5 Å². The highest BCUT2D eigenvalue weighted by Crippen LogP contribution is 2.38. The van der Waals surface area contributed by atoms with Gasteiger partial charge in [0.2, 0.25) is 5.91 Å². The van der Waals surface area contributed by atoms with Crippen molar-refractivity contribution in [2.45, 2.75) is 18.7 Å². The molecule has 154 valence electrons. The molecule has 0 unspecified atom stereocenters. The minimum Gasteiger partial charge on any atom is -0.490 e. The van der Waals surface area contributed by atoms with E-state index < -0.39 is 32.0 Å². The number of amides is 1. The minimum atomic E-state index is -4.30. The Bertz CT molecular complexity index is 1080. The van der Waals surface area contributed by atoms with Crippen LogP contribution in [0.2, 0.25) is 0 Å². The predicted octanol–water partition coefficient (Wildman–Crippen LogP) is 3.70. The molecule has 0 spiro atoms. The molecule has 1 aliphatic rings. The monoisotopic (exact) mass is 422 g/mol. The third-order valence-electron chi connectivity index (χ3n) is 4.41. The SMILES string of the molecule is C=CCN1C(=O)C(C)(C)COc2cc(NS(=O)(=O)c3ccc(F)cc3F)ccc21. The maximum Gasteiger partial charge on any atom is 0.264 e. The molecule has 0 aliphatic carbocycles. The van der Waals surface area contributed by atoms with Crippen molar-refractivity contribution in [1.82, 2.24) is 0 Å². The van der Waals surface area contributed by atoms with E-state index in [4.69, 9.17) is 4.74 Å². The average Bonchev–Trinajstić information content (AvgIpc) is 2.71. The maximum atomic E-state index is 13.9. The van der Waals surface area contributed by atoms with Crippen molar-refractivity contribution in [3.63, 3.8) is 0 Å². The van der Waals surface area contributed by atoms with Crippen molar-refractivity contribution >= 4 is 27.3 Å². The minimum absolute atomic E-state index is 0.0925. The van der Waals surface area contributed by atoms with Gasteiger partial charge in [0.15, 0.2) is 0 Å². The lowest BCUT2D eigenvalue weighted by Crippen LogP contribution is -2.42. The third kappa shape index (κ3) is 4.09. The molecular weight excluding hydrogens is 402 g/mol. The number of carbonyl (C=O) groups is 1. The van der Waals surface area contributed by atoms with Gasteiger partial charge in [-0.25, -0.2) is 17.2 Å². The fraction of sp³-hybridized carbons (Fsp3) is 0.250. The summed E-state index contributed by atoms with van der Waals surface area (Å²) in [4.78, 5) is 13.6. The first kappa shape index (κ1) is 20.8. The number of fused-ring (bicyclic) bond motifs is 1. The molecule has 0 atom stereocenters. The zero-order valence-corrected chi connectivity index (χ0v) is 16.7. The molecule has 9 heteroatoms. The van der Waals surface area contributed by atoms with Crippen LogP contribution in [-0.2, 0) is 14.8 Å². The molecule has 1 amide bonds. The molecule has 0 fully saturated rings. The van der Waals surface area contributed by atoms with Crippen molar-refractivity contribution in [3.05, 3.63) is 60.7 Å². The van der Waals surface area contributed by atoms with Gasteiger partial charge >= 0.3 is 0 Å². The van der Waals surface area contributed by atoms with Gasteiger partial charge in [-0.3, -0.25) is 9.52 Å². The zero-order chi connectivity index (χ0) is 21.4. The second-order valence-electron chi connectivity index (χ2n) is 7.24. The lowest BCUT2D eigenvalue weighted by Gasteiger charge is -2.27. The van der Waals surface area contributed by atoms with Crippen LogP contribution in [0, 0.1) is 17.0 Å². The highest BCUT2D eigenvalue weighted by Gasteiger charge is 2.37. The van der Waals surface area contributed by atoms with Crippen LogP contribution in [0.15, 0.2) is 53.9 Å². The standard InChI is InChI=1S/C20H20F2N2O4S/c1-4-9-24-16-7-6-14(11-17(16)28-12-20(2,3)19(24)25)23-29(26,27)18-8-5-13(21)10-15(18)22/h4-8,10-11,23H,1,9,12H2,2-3H3. The maximum absolute atomic E-state index is 13.9. The molecule has 1 heterocycles. The van der Waals surface area contributed by atoms with Gasteiger partial charge in [0, 0.05) is 18.7 Å². The first-order chi connectivity index (χ1) is 13.5. The van der Waals surface area contributed by atoms with E-state index in [1.165, 1.54) is 23.1 Å². The van der Waals surface area contributed by atoms with Crippen LogP contribution in [0.3, 0.4) is 0 Å². The van der Waals surface area contributed by atoms with E-state index >= 15 is 0 Å². The Balaban J connectivity index is 1.97. The topological polar surface area (TPSA) is 75.7 Å². The molecular formula is C20H20F2N2O4S. The van der Waals surface area contributed by atoms with E-state index in [2.05, 4.69) is 11.3 Å². The molecule has 1 N–H and O–H groups in total. The zero-order valence-electron chi connectivity index (χ0n) is 15.9. The van der Waals surface area contributed by atoms with Gasteiger partial charge in [0.1, 0.15) is 28.9 Å². The number of anilines is 2. The van der Waals surface area contributed by atoms with Crippen LogP contribution in [0.4, 0.5) is 20.2 Å². The Morgan fingerprint density at radius 3 is 2.62 bits per heavy atom. The number of nitrogens with one attached hydrogen (secondary N) is 1. The molecule has 3 rings (SSSR count). The first-order valence-corrected chi connectivity index (χ1v) is 10.2. The number of benzene rings is 2. The van der Waals surface area contributed by atoms with Gasteiger partial charge < -0.3 is 9.64 Å². The van der Waals surface area contributed by atoms with E-state index in [0.717, 1.165) is 12.1 Å². The molecule has 0 saturated heterocycles.